The molecule has 1 saturated heterocycles. The van der Waals surface area contributed by atoms with Gasteiger partial charge < -0.3 is 15.8 Å². The van der Waals surface area contributed by atoms with Crippen LogP contribution >= 0.6 is 11.6 Å². The standard InChI is InChI=1S/C17H24ClFN2O2/c1-16(2,14-12(18)4-3-5-13(14)19)11-21-15(22)17(10-20)6-8-23-9-7-17/h3-5H,6-11,20H2,1-2H3,(H,21,22). The molecule has 6 heteroatoms. The van der Waals surface area contributed by atoms with Gasteiger partial charge in [-0.15, -0.1) is 0 Å². The van der Waals surface area contributed by atoms with Crippen LogP contribution in [0.2, 0.25) is 5.02 Å². The molecular weight excluding hydrogens is 319 g/mol. The van der Waals surface area contributed by atoms with Gasteiger partial charge in [-0.2, -0.15) is 0 Å². The fourth-order valence-corrected chi connectivity index (χ4v) is 3.43. The molecular formula is C17H24ClFN2O2. The van der Waals surface area contributed by atoms with Gasteiger partial charge in [0.15, 0.2) is 0 Å². The first-order valence-electron chi connectivity index (χ1n) is 7.83. The minimum absolute atomic E-state index is 0.0937. The maximum atomic E-state index is 14.1. The minimum Gasteiger partial charge on any atom is -0.381 e. The summed E-state index contributed by atoms with van der Waals surface area (Å²) in [5, 5.41) is 3.30. The molecule has 0 aliphatic carbocycles. The van der Waals surface area contributed by atoms with E-state index in [1.165, 1.54) is 6.07 Å². The number of rotatable bonds is 5. The van der Waals surface area contributed by atoms with Crippen molar-refractivity contribution in [2.24, 2.45) is 11.1 Å². The highest BCUT2D eigenvalue weighted by Gasteiger charge is 2.39. The molecule has 4 nitrogen and oxygen atoms in total. The molecule has 2 rings (SSSR count). The second-order valence-electron chi connectivity index (χ2n) is 6.76. The second-order valence-corrected chi connectivity index (χ2v) is 7.17. The quantitative estimate of drug-likeness (QED) is 0.864. The Bertz CT molecular complexity index is 551. The zero-order chi connectivity index (χ0) is 17.1. The van der Waals surface area contributed by atoms with Crippen molar-refractivity contribution < 1.29 is 13.9 Å². The molecule has 1 amide bonds. The topological polar surface area (TPSA) is 64.4 Å². The fraction of sp³-hybridized carbons (Fsp3) is 0.588. The third-order valence-electron chi connectivity index (χ3n) is 4.65. The van der Waals surface area contributed by atoms with Crippen LogP contribution in [-0.4, -0.2) is 32.2 Å². The second kappa shape index (κ2) is 7.16. The van der Waals surface area contributed by atoms with Gasteiger partial charge in [0.25, 0.3) is 0 Å². The van der Waals surface area contributed by atoms with E-state index in [0.29, 0.717) is 36.6 Å². The van der Waals surface area contributed by atoms with Gasteiger partial charge in [-0.1, -0.05) is 31.5 Å². The third kappa shape index (κ3) is 3.84. The maximum Gasteiger partial charge on any atom is 0.227 e. The Labute approximate surface area is 141 Å². The smallest absolute Gasteiger partial charge is 0.227 e. The Kier molecular flexibility index (Phi) is 5.65. The van der Waals surface area contributed by atoms with Crippen LogP contribution in [0.15, 0.2) is 18.2 Å². The largest absolute Gasteiger partial charge is 0.381 e. The monoisotopic (exact) mass is 342 g/mol. The van der Waals surface area contributed by atoms with E-state index in [9.17, 15) is 9.18 Å². The van der Waals surface area contributed by atoms with E-state index < -0.39 is 10.8 Å². The van der Waals surface area contributed by atoms with Gasteiger partial charge in [0.2, 0.25) is 5.91 Å². The molecule has 0 aromatic heterocycles. The molecule has 1 fully saturated rings. The number of carbonyl (C=O) groups is 1. The molecule has 1 aromatic carbocycles. The summed E-state index contributed by atoms with van der Waals surface area (Å²) < 4.78 is 19.5. The SMILES string of the molecule is CC(C)(CNC(=O)C1(CN)CCOCC1)c1c(F)cccc1Cl. The summed E-state index contributed by atoms with van der Waals surface area (Å²) in [6.45, 7) is 5.35. The number of ether oxygens (including phenoxy) is 1. The van der Waals surface area contributed by atoms with Gasteiger partial charge in [0.05, 0.1) is 5.41 Å². The lowest BCUT2D eigenvalue weighted by atomic mass is 9.78. The van der Waals surface area contributed by atoms with Crippen LogP contribution in [0.1, 0.15) is 32.3 Å². The first-order valence-corrected chi connectivity index (χ1v) is 8.21. The van der Waals surface area contributed by atoms with Gasteiger partial charge in [-0.25, -0.2) is 4.39 Å². The Morgan fingerprint density at radius 3 is 2.65 bits per heavy atom. The van der Waals surface area contributed by atoms with Crippen molar-refractivity contribution in [1.29, 1.82) is 0 Å². The number of benzene rings is 1. The third-order valence-corrected chi connectivity index (χ3v) is 4.97. The van der Waals surface area contributed by atoms with E-state index in [1.807, 2.05) is 13.8 Å². The van der Waals surface area contributed by atoms with Crippen molar-refractivity contribution in [3.8, 4) is 0 Å². The molecule has 0 spiro atoms. The summed E-state index contributed by atoms with van der Waals surface area (Å²) in [6.07, 6.45) is 1.21. The van der Waals surface area contributed by atoms with Gasteiger partial charge >= 0.3 is 0 Å². The number of hydrogen-bond acceptors (Lipinski definition) is 3. The van der Waals surface area contributed by atoms with Crippen molar-refractivity contribution in [3.05, 3.63) is 34.6 Å². The first kappa shape index (κ1) is 18.2. The predicted molar refractivity (Wildman–Crippen MR) is 89.0 cm³/mol. The van der Waals surface area contributed by atoms with Crippen molar-refractivity contribution in [2.45, 2.75) is 32.1 Å². The molecule has 0 atom stereocenters. The normalized spacial score (nSPS) is 17.8. The number of amides is 1. The lowest BCUT2D eigenvalue weighted by Crippen LogP contribution is -2.51. The first-order chi connectivity index (χ1) is 10.8. The lowest BCUT2D eigenvalue weighted by molar-refractivity contribution is -0.136. The van der Waals surface area contributed by atoms with Crippen molar-refractivity contribution in [2.75, 3.05) is 26.3 Å². The average Bonchev–Trinajstić information content (AvgIpc) is 2.53. The van der Waals surface area contributed by atoms with Gasteiger partial charge in [-0.05, 0) is 25.0 Å². The number of halogens is 2. The molecule has 0 bridgehead atoms. The fourth-order valence-electron chi connectivity index (χ4n) is 3.01. The molecule has 1 heterocycles. The predicted octanol–water partition coefficient (Wildman–Crippen LogP) is 2.63. The molecule has 1 aliphatic rings. The van der Waals surface area contributed by atoms with Crippen LogP contribution in [0.25, 0.3) is 0 Å². The summed E-state index contributed by atoms with van der Waals surface area (Å²) >= 11 is 6.14. The number of nitrogens with one attached hydrogen (secondary N) is 1. The zero-order valence-corrected chi connectivity index (χ0v) is 14.4. The van der Waals surface area contributed by atoms with Gasteiger partial charge in [0.1, 0.15) is 5.82 Å². The van der Waals surface area contributed by atoms with Crippen LogP contribution in [0, 0.1) is 11.2 Å². The molecule has 3 N–H and O–H groups in total. The maximum absolute atomic E-state index is 14.1. The highest BCUT2D eigenvalue weighted by atomic mass is 35.5. The van der Waals surface area contributed by atoms with Crippen LogP contribution in [0.4, 0.5) is 4.39 Å². The minimum atomic E-state index is -0.626. The molecule has 0 saturated carbocycles. The van der Waals surface area contributed by atoms with Crippen molar-refractivity contribution >= 4 is 17.5 Å². The Balaban J connectivity index is 2.11. The summed E-state index contributed by atoms with van der Waals surface area (Å²) in [5.74, 6) is -0.458. The Morgan fingerprint density at radius 2 is 2.09 bits per heavy atom. The van der Waals surface area contributed by atoms with Crippen molar-refractivity contribution in [3.63, 3.8) is 0 Å². The Morgan fingerprint density at radius 1 is 1.43 bits per heavy atom. The lowest BCUT2D eigenvalue weighted by Gasteiger charge is -2.36. The average molecular weight is 343 g/mol. The number of hydrogen-bond donors (Lipinski definition) is 2. The van der Waals surface area contributed by atoms with Crippen LogP contribution in [0.5, 0.6) is 0 Å². The Hall–Kier alpha value is -1.17. The highest BCUT2D eigenvalue weighted by molar-refractivity contribution is 6.31. The molecule has 0 unspecified atom stereocenters. The van der Waals surface area contributed by atoms with Gasteiger partial charge in [-0.3, -0.25) is 4.79 Å². The van der Waals surface area contributed by atoms with Crippen molar-refractivity contribution in [1.82, 2.24) is 5.32 Å². The van der Waals surface area contributed by atoms with Gasteiger partial charge in [0, 0.05) is 42.3 Å². The van der Waals surface area contributed by atoms with Crippen LogP contribution in [-0.2, 0) is 14.9 Å². The molecule has 1 aromatic rings. The molecule has 1 aliphatic heterocycles. The summed E-state index contributed by atoms with van der Waals surface area (Å²) in [4.78, 5) is 12.6. The van der Waals surface area contributed by atoms with E-state index in [0.717, 1.165) is 0 Å². The van der Waals surface area contributed by atoms with E-state index in [-0.39, 0.29) is 24.8 Å². The van der Waals surface area contributed by atoms with Crippen LogP contribution in [0.3, 0.4) is 0 Å². The number of carbonyl (C=O) groups excluding carboxylic acids is 1. The molecule has 128 valence electrons. The molecule has 23 heavy (non-hydrogen) atoms. The number of nitrogens with two attached hydrogens (primary N) is 1. The van der Waals surface area contributed by atoms with E-state index in [2.05, 4.69) is 5.32 Å². The van der Waals surface area contributed by atoms with E-state index >= 15 is 0 Å². The van der Waals surface area contributed by atoms with E-state index in [4.69, 9.17) is 22.1 Å². The summed E-state index contributed by atoms with van der Waals surface area (Å²) in [6, 6.07) is 4.61. The molecule has 0 radical (unpaired) electrons. The summed E-state index contributed by atoms with van der Waals surface area (Å²) in [5.41, 5.74) is 5.04. The van der Waals surface area contributed by atoms with Crippen LogP contribution < -0.4 is 11.1 Å². The summed E-state index contributed by atoms with van der Waals surface area (Å²) in [7, 11) is 0. The van der Waals surface area contributed by atoms with E-state index in [1.54, 1.807) is 12.1 Å². The zero-order valence-electron chi connectivity index (χ0n) is 13.6. The highest BCUT2D eigenvalue weighted by Crippen LogP contribution is 2.33.